The Kier molecular flexibility index (Phi) is 40.1. The number of hydrogen-bond donors (Lipinski definition) is 0. The van der Waals surface area contributed by atoms with E-state index in [4.69, 9.17) is 0 Å². The monoisotopic (exact) mass is 1160 g/mol. The van der Waals surface area contributed by atoms with Crippen molar-refractivity contribution in [2.45, 2.75) is 268 Å². The van der Waals surface area contributed by atoms with Crippen LogP contribution in [0.3, 0.4) is 0 Å². The summed E-state index contributed by atoms with van der Waals surface area (Å²) >= 11 is 0. The van der Waals surface area contributed by atoms with Gasteiger partial charge in [-0.25, -0.2) is 25.3 Å². The molecule has 9 nitrogen and oxygen atoms in total. The zero-order valence-corrected chi connectivity index (χ0v) is 50.6. The number of rotatable bonds is 36. The first-order valence-corrected chi connectivity index (χ1v) is 31.2. The van der Waals surface area contributed by atoms with E-state index in [0.29, 0.717) is 0 Å². The fraction of sp³-hybridized carbons (Fsp3) is 0.684. The van der Waals surface area contributed by atoms with Crippen molar-refractivity contribution >= 4 is 30.4 Å². The zero-order chi connectivity index (χ0) is 51.4. The van der Waals surface area contributed by atoms with E-state index in [0.717, 1.165) is 71.9 Å². The van der Waals surface area contributed by atoms with E-state index in [1.165, 1.54) is 192 Å². The third-order valence-corrected chi connectivity index (χ3v) is 15.7. The van der Waals surface area contributed by atoms with Gasteiger partial charge >= 0.3 is 35.6 Å². The first-order chi connectivity index (χ1) is 32.8. The summed E-state index contributed by atoms with van der Waals surface area (Å²) in [5.41, 5.74) is 6.15. The second-order valence-corrected chi connectivity index (χ2v) is 23.6. The van der Waals surface area contributed by atoms with Crippen molar-refractivity contribution in [2.75, 3.05) is 0 Å². The molecule has 0 amide bonds. The maximum absolute atomic E-state index is 11.1. The smallest absolute Gasteiger partial charge is 0.744 e. The summed E-state index contributed by atoms with van der Waals surface area (Å²) in [5, 5.41) is 0. The SMILES string of the molecule is CCCCCCCCCCCCc1cc(S(=O)(=O)[O-])ccc1C.CCCCCCCCCCCCc1cc(S(=O)(=O)[O-])ccc1C.CCCCCCCCCCCCc1cc(S(=O)(=O)[O-])ccc1C.[La+3]. The van der Waals surface area contributed by atoms with Gasteiger partial charge in [-0.05, 0) is 129 Å². The van der Waals surface area contributed by atoms with Crippen molar-refractivity contribution in [3.63, 3.8) is 0 Å². The summed E-state index contributed by atoms with van der Waals surface area (Å²) in [6.07, 6.45) is 41.0. The molecule has 0 radical (unpaired) electrons. The summed E-state index contributed by atoms with van der Waals surface area (Å²) in [6, 6.07) is 14.0. The molecular weight excluding hydrogens is 1060 g/mol. The fourth-order valence-electron chi connectivity index (χ4n) is 8.63. The Morgan fingerprint density at radius 1 is 0.300 bits per heavy atom. The van der Waals surface area contributed by atoms with Crippen LogP contribution in [0.4, 0.5) is 0 Å². The molecule has 0 fully saturated rings. The predicted octanol–water partition coefficient (Wildman–Crippen LogP) is 16.1. The van der Waals surface area contributed by atoms with Gasteiger partial charge in [0.15, 0.2) is 0 Å². The molecule has 396 valence electrons. The Balaban J connectivity index is 0.00000101. The van der Waals surface area contributed by atoms with Gasteiger partial charge in [0.25, 0.3) is 0 Å². The molecule has 0 aliphatic heterocycles. The zero-order valence-electron chi connectivity index (χ0n) is 44.5. The molecule has 3 aromatic carbocycles. The molecular formula is C57H93LaO9S3. The Bertz CT molecular complexity index is 1900. The molecule has 0 spiro atoms. The molecule has 0 N–H and O–H groups in total. The Hall–Kier alpha value is -1.42. The van der Waals surface area contributed by atoms with Crippen LogP contribution < -0.4 is 0 Å². The maximum Gasteiger partial charge on any atom is 3.00 e. The van der Waals surface area contributed by atoms with Crippen LogP contribution in [-0.2, 0) is 49.6 Å². The van der Waals surface area contributed by atoms with Gasteiger partial charge in [-0.1, -0.05) is 212 Å². The molecule has 0 atom stereocenters. The van der Waals surface area contributed by atoms with Crippen LogP contribution in [0.2, 0.25) is 0 Å². The molecule has 0 saturated heterocycles. The standard InChI is InChI=1S/3C19H32O3S.La/c3*1-3-4-5-6-7-8-9-10-11-12-13-18-16-19(23(20,21)22)15-14-17(18)2;/h3*14-16H,3-13H2,1-2H3,(H,20,21,22);/q;;;+3/p-3. The molecule has 0 heterocycles. The van der Waals surface area contributed by atoms with Gasteiger partial charge in [-0.15, -0.1) is 0 Å². The van der Waals surface area contributed by atoms with Gasteiger partial charge in [-0.3, -0.25) is 0 Å². The van der Waals surface area contributed by atoms with Crippen molar-refractivity contribution in [3.05, 3.63) is 88.0 Å². The van der Waals surface area contributed by atoms with E-state index in [2.05, 4.69) is 20.8 Å². The van der Waals surface area contributed by atoms with Crippen molar-refractivity contribution in [2.24, 2.45) is 0 Å². The van der Waals surface area contributed by atoms with Crippen molar-refractivity contribution in [1.82, 2.24) is 0 Å². The molecule has 3 aromatic rings. The molecule has 0 unspecified atom stereocenters. The second-order valence-electron chi connectivity index (χ2n) is 19.4. The van der Waals surface area contributed by atoms with E-state index in [1.54, 1.807) is 36.4 Å². The van der Waals surface area contributed by atoms with E-state index in [1.807, 2.05) is 20.8 Å². The van der Waals surface area contributed by atoms with E-state index in [9.17, 15) is 38.9 Å². The summed E-state index contributed by atoms with van der Waals surface area (Å²) in [4.78, 5) is -0.319. The van der Waals surface area contributed by atoms with Crippen LogP contribution in [-0.4, -0.2) is 38.9 Å². The molecule has 0 aromatic heterocycles. The van der Waals surface area contributed by atoms with Gasteiger partial charge < -0.3 is 13.7 Å². The average Bonchev–Trinajstić information content (AvgIpc) is 3.29. The number of aryl methyl sites for hydroxylation is 6. The number of unbranched alkanes of at least 4 members (excludes halogenated alkanes) is 27. The summed E-state index contributed by atoms with van der Waals surface area (Å²) in [6.45, 7) is 12.6. The van der Waals surface area contributed by atoms with E-state index >= 15 is 0 Å². The van der Waals surface area contributed by atoms with Crippen LogP contribution in [0.1, 0.15) is 247 Å². The van der Waals surface area contributed by atoms with Gasteiger partial charge in [0, 0.05) is 0 Å². The topological polar surface area (TPSA) is 172 Å². The minimum atomic E-state index is -4.34. The Morgan fingerprint density at radius 3 is 0.643 bits per heavy atom. The largest absolute Gasteiger partial charge is 3.00 e. The van der Waals surface area contributed by atoms with Gasteiger partial charge in [0.1, 0.15) is 30.4 Å². The molecule has 0 bridgehead atoms. The third kappa shape index (κ3) is 34.1. The maximum atomic E-state index is 11.1. The summed E-state index contributed by atoms with van der Waals surface area (Å²) in [5.74, 6) is 0. The molecule has 0 aliphatic rings. The van der Waals surface area contributed by atoms with Crippen LogP contribution in [0.25, 0.3) is 0 Å². The van der Waals surface area contributed by atoms with Crippen molar-refractivity contribution in [3.8, 4) is 0 Å². The van der Waals surface area contributed by atoms with Crippen LogP contribution >= 0.6 is 0 Å². The second kappa shape index (κ2) is 40.9. The van der Waals surface area contributed by atoms with Crippen LogP contribution in [0.15, 0.2) is 69.3 Å². The Labute approximate surface area is 457 Å². The summed E-state index contributed by atoms with van der Waals surface area (Å²) < 4.78 is 99.7. The van der Waals surface area contributed by atoms with E-state index in [-0.39, 0.29) is 50.3 Å². The van der Waals surface area contributed by atoms with Crippen molar-refractivity contribution in [1.29, 1.82) is 0 Å². The number of hydrogen-bond acceptors (Lipinski definition) is 9. The minimum Gasteiger partial charge on any atom is -0.744 e. The first-order valence-electron chi connectivity index (χ1n) is 27.0. The molecule has 0 saturated carbocycles. The van der Waals surface area contributed by atoms with Crippen LogP contribution in [0, 0.1) is 56.4 Å². The van der Waals surface area contributed by atoms with Crippen LogP contribution in [0.5, 0.6) is 0 Å². The predicted molar refractivity (Wildman–Crippen MR) is 284 cm³/mol. The quantitative estimate of drug-likeness (QED) is 0.0406. The molecule has 3 rings (SSSR count). The molecule has 0 aliphatic carbocycles. The molecule has 13 heteroatoms. The number of benzene rings is 3. The van der Waals surface area contributed by atoms with Gasteiger partial charge in [-0.2, -0.15) is 0 Å². The average molecular weight is 1160 g/mol. The Morgan fingerprint density at radius 2 is 0.471 bits per heavy atom. The van der Waals surface area contributed by atoms with Gasteiger partial charge in [0.2, 0.25) is 0 Å². The minimum absolute atomic E-state index is 0. The normalized spacial score (nSPS) is 11.6. The fourth-order valence-corrected chi connectivity index (χ4v) is 10.2. The van der Waals surface area contributed by atoms with E-state index < -0.39 is 30.4 Å². The first kappa shape index (κ1) is 68.6. The third-order valence-electron chi connectivity index (χ3n) is 13.2. The van der Waals surface area contributed by atoms with Crippen molar-refractivity contribution < 1.29 is 74.5 Å². The van der Waals surface area contributed by atoms with Gasteiger partial charge in [0.05, 0.1) is 14.7 Å². The summed E-state index contributed by atoms with van der Waals surface area (Å²) in [7, 11) is -13.0. The molecule has 70 heavy (non-hydrogen) atoms.